The van der Waals surface area contributed by atoms with E-state index in [0.717, 1.165) is 13.2 Å². The lowest BCUT2D eigenvalue weighted by Crippen LogP contribution is -2.41. The summed E-state index contributed by atoms with van der Waals surface area (Å²) in [5.41, 5.74) is 0. The highest BCUT2D eigenvalue weighted by Crippen LogP contribution is 2.14. The number of hydrogen-bond donors (Lipinski definition) is 0. The van der Waals surface area contributed by atoms with Crippen molar-refractivity contribution in [3.8, 4) is 0 Å². The summed E-state index contributed by atoms with van der Waals surface area (Å²) < 4.78 is 5.76. The van der Waals surface area contributed by atoms with Crippen LogP contribution >= 0.6 is 0 Å². The van der Waals surface area contributed by atoms with Gasteiger partial charge in [-0.1, -0.05) is 6.42 Å². The third-order valence-corrected chi connectivity index (χ3v) is 4.26. The Labute approximate surface area is 112 Å². The molecule has 0 saturated carbocycles. The van der Waals surface area contributed by atoms with Crippen molar-refractivity contribution in [1.82, 2.24) is 9.80 Å². The monoisotopic (exact) mass is 254 g/mol. The molecule has 0 N–H and O–H groups in total. The molecule has 0 spiro atoms. The van der Waals surface area contributed by atoms with Crippen LogP contribution in [-0.4, -0.2) is 61.8 Å². The average molecular weight is 254 g/mol. The minimum atomic E-state index is 0.499. The summed E-state index contributed by atoms with van der Waals surface area (Å²) in [6.07, 6.45) is 8.67. The van der Waals surface area contributed by atoms with Gasteiger partial charge in [0.15, 0.2) is 0 Å². The molecule has 18 heavy (non-hydrogen) atoms. The second kappa shape index (κ2) is 8.13. The number of rotatable bonds is 6. The molecule has 2 heterocycles. The van der Waals surface area contributed by atoms with E-state index in [9.17, 15) is 0 Å². The van der Waals surface area contributed by atoms with E-state index in [4.69, 9.17) is 4.74 Å². The van der Waals surface area contributed by atoms with E-state index >= 15 is 0 Å². The molecule has 0 amide bonds. The largest absolute Gasteiger partial charge is 0.377 e. The van der Waals surface area contributed by atoms with Gasteiger partial charge in [-0.25, -0.2) is 0 Å². The maximum Gasteiger partial charge on any atom is 0.0702 e. The molecule has 106 valence electrons. The lowest BCUT2D eigenvalue weighted by molar-refractivity contribution is 0.00499. The first-order valence-corrected chi connectivity index (χ1v) is 7.95. The zero-order valence-corrected chi connectivity index (χ0v) is 12.1. The van der Waals surface area contributed by atoms with Crippen LogP contribution in [0.1, 0.15) is 45.4 Å². The molecule has 2 saturated heterocycles. The fourth-order valence-corrected chi connectivity index (χ4v) is 3.29. The number of hydrogen-bond acceptors (Lipinski definition) is 3. The molecule has 2 aliphatic rings. The van der Waals surface area contributed by atoms with Crippen molar-refractivity contribution in [3.05, 3.63) is 0 Å². The molecule has 0 bridgehead atoms. The van der Waals surface area contributed by atoms with Gasteiger partial charge < -0.3 is 14.5 Å². The highest BCUT2D eigenvalue weighted by Gasteiger charge is 2.19. The summed E-state index contributed by atoms with van der Waals surface area (Å²) in [5, 5.41) is 0. The van der Waals surface area contributed by atoms with Gasteiger partial charge in [0.05, 0.1) is 6.10 Å². The normalized spacial score (nSPS) is 27.5. The quantitative estimate of drug-likeness (QED) is 0.724. The number of likely N-dealkylation sites (tertiary alicyclic amines) is 2. The van der Waals surface area contributed by atoms with Gasteiger partial charge in [-0.3, -0.25) is 0 Å². The Balaban J connectivity index is 1.57. The topological polar surface area (TPSA) is 15.7 Å². The van der Waals surface area contributed by atoms with Crippen LogP contribution in [0.3, 0.4) is 0 Å². The van der Waals surface area contributed by atoms with Gasteiger partial charge in [-0.2, -0.15) is 0 Å². The SMILES string of the molecule is CCO[C@H]1CCCN(CCCN2CCCCC2)C1. The van der Waals surface area contributed by atoms with E-state index in [-0.39, 0.29) is 0 Å². The average Bonchev–Trinajstić information content (AvgIpc) is 2.41. The lowest BCUT2D eigenvalue weighted by Gasteiger charge is -2.33. The summed E-state index contributed by atoms with van der Waals surface area (Å²) >= 11 is 0. The minimum Gasteiger partial charge on any atom is -0.377 e. The maximum absolute atomic E-state index is 5.76. The zero-order chi connectivity index (χ0) is 12.6. The van der Waals surface area contributed by atoms with E-state index in [2.05, 4.69) is 16.7 Å². The molecule has 0 unspecified atom stereocenters. The van der Waals surface area contributed by atoms with Crippen LogP contribution in [0.4, 0.5) is 0 Å². The van der Waals surface area contributed by atoms with Crippen LogP contribution in [0, 0.1) is 0 Å². The molecule has 0 aromatic heterocycles. The first-order valence-electron chi connectivity index (χ1n) is 7.95. The van der Waals surface area contributed by atoms with Gasteiger partial charge in [-0.05, 0) is 71.8 Å². The molecule has 3 nitrogen and oxygen atoms in total. The summed E-state index contributed by atoms with van der Waals surface area (Å²) in [6.45, 7) is 10.7. The van der Waals surface area contributed by atoms with E-state index < -0.39 is 0 Å². The molecule has 0 aliphatic carbocycles. The molecule has 0 aromatic rings. The van der Waals surface area contributed by atoms with Crippen molar-refractivity contribution in [2.45, 2.75) is 51.6 Å². The van der Waals surface area contributed by atoms with Crippen molar-refractivity contribution in [2.24, 2.45) is 0 Å². The number of nitrogens with zero attached hydrogens (tertiary/aromatic N) is 2. The van der Waals surface area contributed by atoms with Gasteiger partial charge in [0.1, 0.15) is 0 Å². The summed E-state index contributed by atoms with van der Waals surface area (Å²) in [6, 6.07) is 0. The Hall–Kier alpha value is -0.120. The van der Waals surface area contributed by atoms with Crippen LogP contribution in [0.2, 0.25) is 0 Å². The van der Waals surface area contributed by atoms with Crippen molar-refractivity contribution in [3.63, 3.8) is 0 Å². The Morgan fingerprint density at radius 2 is 1.67 bits per heavy atom. The van der Waals surface area contributed by atoms with Gasteiger partial charge in [0, 0.05) is 13.2 Å². The standard InChI is InChI=1S/C15H30N2O/c1-2-18-15-8-6-11-17(14-15)13-7-12-16-9-4-3-5-10-16/h15H,2-14H2,1H3/t15-/m0/s1. The molecular formula is C15H30N2O. The third-order valence-electron chi connectivity index (χ3n) is 4.26. The van der Waals surface area contributed by atoms with E-state index in [1.807, 2.05) is 0 Å². The predicted molar refractivity (Wildman–Crippen MR) is 76.0 cm³/mol. The van der Waals surface area contributed by atoms with Gasteiger partial charge in [-0.15, -0.1) is 0 Å². The van der Waals surface area contributed by atoms with Crippen LogP contribution in [0.25, 0.3) is 0 Å². The van der Waals surface area contributed by atoms with Crippen molar-refractivity contribution in [2.75, 3.05) is 45.9 Å². The first-order chi connectivity index (χ1) is 8.88. The van der Waals surface area contributed by atoms with Crippen LogP contribution < -0.4 is 0 Å². The Morgan fingerprint density at radius 3 is 2.44 bits per heavy atom. The minimum absolute atomic E-state index is 0.499. The summed E-state index contributed by atoms with van der Waals surface area (Å²) in [5.74, 6) is 0. The zero-order valence-electron chi connectivity index (χ0n) is 12.1. The Morgan fingerprint density at radius 1 is 0.944 bits per heavy atom. The maximum atomic E-state index is 5.76. The smallest absolute Gasteiger partial charge is 0.0702 e. The molecule has 3 heteroatoms. The highest BCUT2D eigenvalue weighted by molar-refractivity contribution is 4.74. The van der Waals surface area contributed by atoms with Crippen LogP contribution in [0.15, 0.2) is 0 Å². The second-order valence-corrected chi connectivity index (χ2v) is 5.78. The number of piperidine rings is 2. The highest BCUT2D eigenvalue weighted by atomic mass is 16.5. The predicted octanol–water partition coefficient (Wildman–Crippen LogP) is 2.36. The molecule has 2 aliphatic heterocycles. The fraction of sp³-hybridized carbons (Fsp3) is 1.00. The number of ether oxygens (including phenoxy) is 1. The molecule has 1 atom stereocenters. The molecule has 2 fully saturated rings. The third kappa shape index (κ3) is 4.87. The van der Waals surface area contributed by atoms with Crippen LogP contribution in [-0.2, 0) is 4.74 Å². The first kappa shape index (κ1) is 14.3. The van der Waals surface area contributed by atoms with Crippen LogP contribution in [0.5, 0.6) is 0 Å². The summed E-state index contributed by atoms with van der Waals surface area (Å²) in [7, 11) is 0. The van der Waals surface area contributed by atoms with Gasteiger partial charge in [0.2, 0.25) is 0 Å². The molecule has 0 radical (unpaired) electrons. The van der Waals surface area contributed by atoms with E-state index in [1.165, 1.54) is 71.2 Å². The molecule has 0 aromatic carbocycles. The fourth-order valence-electron chi connectivity index (χ4n) is 3.29. The van der Waals surface area contributed by atoms with Crippen molar-refractivity contribution in [1.29, 1.82) is 0 Å². The Bertz CT molecular complexity index is 215. The second-order valence-electron chi connectivity index (χ2n) is 5.78. The molecular weight excluding hydrogens is 224 g/mol. The van der Waals surface area contributed by atoms with Crippen molar-refractivity contribution < 1.29 is 4.74 Å². The Kier molecular flexibility index (Phi) is 6.46. The van der Waals surface area contributed by atoms with E-state index in [1.54, 1.807) is 0 Å². The molecule has 2 rings (SSSR count). The van der Waals surface area contributed by atoms with Gasteiger partial charge in [0.25, 0.3) is 0 Å². The van der Waals surface area contributed by atoms with E-state index in [0.29, 0.717) is 6.10 Å². The lowest BCUT2D eigenvalue weighted by atomic mass is 10.1. The summed E-state index contributed by atoms with van der Waals surface area (Å²) in [4.78, 5) is 5.25. The van der Waals surface area contributed by atoms with Gasteiger partial charge >= 0.3 is 0 Å². The van der Waals surface area contributed by atoms with Crippen molar-refractivity contribution >= 4 is 0 Å².